The summed E-state index contributed by atoms with van der Waals surface area (Å²) in [5.74, 6) is -3.84. The van der Waals surface area contributed by atoms with E-state index in [0.29, 0.717) is 0 Å². The normalized spacial score (nSPS) is 12.1. The van der Waals surface area contributed by atoms with E-state index in [-0.39, 0.29) is 0 Å². The van der Waals surface area contributed by atoms with Crippen LogP contribution >= 0.6 is 92.8 Å². The first-order valence-corrected chi connectivity index (χ1v) is 13.2. The molecule has 0 amide bonds. The minimum Gasteiger partial charge on any atom is -0.386 e. The number of halogens is 8. The van der Waals surface area contributed by atoms with Crippen LogP contribution in [0.1, 0.15) is 20.7 Å². The predicted octanol–water partition coefficient (Wildman–Crippen LogP) is 6.40. The Kier molecular flexibility index (Phi) is 8.77. The van der Waals surface area contributed by atoms with Gasteiger partial charge in [-0.15, -0.1) is 0 Å². The molecule has 2 rings (SSSR count). The highest BCUT2D eigenvalue weighted by molar-refractivity contribution is 7.86. The minimum absolute atomic E-state index is 0.663. The Bertz CT molecular complexity index is 1340. The van der Waals surface area contributed by atoms with Crippen LogP contribution < -0.4 is 0 Å². The number of esters is 2. The average molecular weight is 662 g/mol. The van der Waals surface area contributed by atoms with E-state index < -0.39 is 93.3 Å². The molecular weight excluding hydrogens is 660 g/mol. The average Bonchev–Trinajstić information content (AvgIpc) is 2.67. The Morgan fingerprint density at radius 2 is 0.758 bits per heavy atom. The second-order valence-electron chi connectivity index (χ2n) is 5.55. The van der Waals surface area contributed by atoms with Crippen LogP contribution in [-0.4, -0.2) is 37.9 Å². The summed E-state index contributed by atoms with van der Waals surface area (Å²) in [6.45, 7) is 0. The van der Waals surface area contributed by atoms with Gasteiger partial charge in [-0.2, -0.15) is 16.8 Å². The molecule has 19 heteroatoms. The van der Waals surface area contributed by atoms with Crippen LogP contribution in [0.5, 0.6) is 0 Å². The van der Waals surface area contributed by atoms with Gasteiger partial charge in [-0.3, -0.25) is 9.11 Å². The Labute approximate surface area is 224 Å². The molecule has 9 nitrogen and oxygen atoms in total. The zero-order chi connectivity index (χ0) is 25.8. The van der Waals surface area contributed by atoms with Crippen LogP contribution in [0, 0.1) is 0 Å². The Balaban J connectivity index is 2.80. The predicted molar refractivity (Wildman–Crippen MR) is 122 cm³/mol. The molecule has 0 unspecified atom stereocenters. The number of rotatable bonds is 4. The monoisotopic (exact) mass is 658 g/mol. The first-order chi connectivity index (χ1) is 14.8. The van der Waals surface area contributed by atoms with Crippen molar-refractivity contribution in [2.24, 2.45) is 0 Å². The number of hydrogen-bond donors (Lipinski definition) is 2. The van der Waals surface area contributed by atoms with Crippen molar-refractivity contribution in [3.8, 4) is 0 Å². The van der Waals surface area contributed by atoms with Crippen molar-refractivity contribution >= 4 is 125 Å². The second-order valence-corrected chi connectivity index (χ2v) is 11.3. The summed E-state index contributed by atoms with van der Waals surface area (Å²) in [4.78, 5) is 22.5. The summed E-state index contributed by atoms with van der Waals surface area (Å²) in [5, 5.41) is -6.41. The molecule has 0 aliphatic heterocycles. The van der Waals surface area contributed by atoms with Gasteiger partial charge in [-0.1, -0.05) is 92.8 Å². The van der Waals surface area contributed by atoms with Gasteiger partial charge in [-0.05, 0) is 0 Å². The van der Waals surface area contributed by atoms with E-state index in [1.807, 2.05) is 0 Å². The van der Waals surface area contributed by atoms with Gasteiger partial charge in [0.2, 0.25) is 0 Å². The van der Waals surface area contributed by atoms with Gasteiger partial charge in [0.1, 0.15) is 20.9 Å². The first-order valence-electron chi connectivity index (χ1n) is 7.27. The van der Waals surface area contributed by atoms with Gasteiger partial charge in [0.25, 0.3) is 20.2 Å². The highest BCUT2D eigenvalue weighted by atomic mass is 35.5. The van der Waals surface area contributed by atoms with Crippen LogP contribution in [0.2, 0.25) is 40.2 Å². The first kappa shape index (κ1) is 29.0. The molecule has 2 N–H and O–H groups in total. The van der Waals surface area contributed by atoms with E-state index >= 15 is 0 Å². The summed E-state index contributed by atoms with van der Waals surface area (Å²) in [6.07, 6.45) is 0. The lowest BCUT2D eigenvalue weighted by atomic mass is 10.2. The summed E-state index contributed by atoms with van der Waals surface area (Å²) in [5.41, 5.74) is -2.50. The molecule has 0 saturated carbocycles. The molecule has 2 aromatic carbocycles. The van der Waals surface area contributed by atoms with Crippen molar-refractivity contribution in [1.29, 1.82) is 0 Å². The zero-order valence-electron chi connectivity index (χ0n) is 14.6. The summed E-state index contributed by atoms with van der Waals surface area (Å²) in [6, 6.07) is 0. The standard InChI is InChI=1S/C14H2Cl8O9S2/c15-3-1(11(32(25,26)27)9(21)7(19)5(3)17)13(23)31-14(24)2-4(16)6(18)8(20)10(22)12(2)33(28,29)30/h(H,25,26,27)(H,28,29,30). The molecule has 0 fully saturated rings. The van der Waals surface area contributed by atoms with Crippen LogP contribution in [-0.2, 0) is 25.0 Å². The van der Waals surface area contributed by atoms with Crippen LogP contribution in [0.3, 0.4) is 0 Å². The highest BCUT2D eigenvalue weighted by Crippen LogP contribution is 2.45. The number of carbonyl (C=O) groups excluding carboxylic acids is 2. The minimum atomic E-state index is -5.32. The maximum absolute atomic E-state index is 12.6. The molecule has 0 radical (unpaired) electrons. The third kappa shape index (κ3) is 5.45. The largest absolute Gasteiger partial charge is 0.386 e. The lowest BCUT2D eigenvalue weighted by molar-refractivity contribution is 0.0391. The molecule has 0 heterocycles. The van der Waals surface area contributed by atoms with Gasteiger partial charge in [0.05, 0.1) is 40.2 Å². The van der Waals surface area contributed by atoms with Gasteiger partial charge >= 0.3 is 11.9 Å². The van der Waals surface area contributed by atoms with Crippen molar-refractivity contribution < 1.29 is 40.3 Å². The number of ether oxygens (including phenoxy) is 1. The Morgan fingerprint density at radius 1 is 0.515 bits per heavy atom. The topological polar surface area (TPSA) is 152 Å². The van der Waals surface area contributed by atoms with E-state index in [1.165, 1.54) is 0 Å². The van der Waals surface area contributed by atoms with Crippen molar-refractivity contribution in [2.45, 2.75) is 9.79 Å². The van der Waals surface area contributed by atoms with E-state index in [9.17, 15) is 35.5 Å². The lowest BCUT2D eigenvalue weighted by Crippen LogP contribution is -2.20. The molecule has 0 aliphatic carbocycles. The fraction of sp³-hybridized carbons (Fsp3) is 0. The molecule has 0 aromatic heterocycles. The SMILES string of the molecule is O=C(OC(=O)c1c(Cl)c(Cl)c(Cl)c(Cl)c1S(=O)(=O)O)c1c(Cl)c(Cl)c(Cl)c(Cl)c1S(=O)(=O)O. The number of hydrogen-bond acceptors (Lipinski definition) is 7. The van der Waals surface area contributed by atoms with Crippen molar-refractivity contribution in [2.75, 3.05) is 0 Å². The number of benzene rings is 2. The quantitative estimate of drug-likeness (QED) is 0.125. The fourth-order valence-electron chi connectivity index (χ4n) is 2.26. The molecule has 33 heavy (non-hydrogen) atoms. The van der Waals surface area contributed by atoms with Crippen LogP contribution in [0.25, 0.3) is 0 Å². The van der Waals surface area contributed by atoms with Crippen molar-refractivity contribution in [3.63, 3.8) is 0 Å². The molecule has 0 bridgehead atoms. The highest BCUT2D eigenvalue weighted by Gasteiger charge is 2.37. The second kappa shape index (κ2) is 10.00. The molecule has 0 spiro atoms. The third-order valence-electron chi connectivity index (χ3n) is 3.56. The molecular formula is C14H2Cl8O9S2. The molecule has 0 aliphatic rings. The molecule has 0 saturated heterocycles. The Hall–Kier alpha value is -0.280. The van der Waals surface area contributed by atoms with Crippen molar-refractivity contribution in [3.05, 3.63) is 51.3 Å². The van der Waals surface area contributed by atoms with Gasteiger partial charge < -0.3 is 4.74 Å². The van der Waals surface area contributed by atoms with Crippen LogP contribution in [0.4, 0.5) is 0 Å². The summed E-state index contributed by atoms with van der Waals surface area (Å²) in [7, 11) is -10.6. The maximum Gasteiger partial charge on any atom is 0.349 e. The van der Waals surface area contributed by atoms with Crippen LogP contribution in [0.15, 0.2) is 9.79 Å². The summed E-state index contributed by atoms with van der Waals surface area (Å²) < 4.78 is 70.3. The van der Waals surface area contributed by atoms with E-state index in [1.54, 1.807) is 0 Å². The zero-order valence-corrected chi connectivity index (χ0v) is 22.3. The van der Waals surface area contributed by atoms with E-state index in [0.717, 1.165) is 0 Å². The molecule has 180 valence electrons. The number of carbonyl (C=O) groups is 2. The van der Waals surface area contributed by atoms with E-state index in [2.05, 4.69) is 4.74 Å². The Morgan fingerprint density at radius 3 is 1.00 bits per heavy atom. The lowest BCUT2D eigenvalue weighted by Gasteiger charge is -2.15. The maximum atomic E-state index is 12.6. The third-order valence-corrected chi connectivity index (χ3v) is 9.23. The molecule has 0 atom stereocenters. The smallest absolute Gasteiger partial charge is 0.349 e. The van der Waals surface area contributed by atoms with Crippen molar-refractivity contribution in [1.82, 2.24) is 0 Å². The fourth-order valence-corrected chi connectivity index (χ4v) is 6.47. The van der Waals surface area contributed by atoms with Gasteiger partial charge in [0.15, 0.2) is 0 Å². The van der Waals surface area contributed by atoms with Gasteiger partial charge in [-0.25, -0.2) is 9.59 Å². The van der Waals surface area contributed by atoms with E-state index in [4.69, 9.17) is 92.8 Å². The van der Waals surface area contributed by atoms with Gasteiger partial charge in [0, 0.05) is 0 Å². The molecule has 2 aromatic rings. The summed E-state index contributed by atoms with van der Waals surface area (Å²) >= 11 is 46.1.